The van der Waals surface area contributed by atoms with Gasteiger partial charge in [0.1, 0.15) is 0 Å². The van der Waals surface area contributed by atoms with E-state index in [1.54, 1.807) is 0 Å². The molecule has 0 unspecified atom stereocenters. The van der Waals surface area contributed by atoms with Gasteiger partial charge in [0.2, 0.25) is 0 Å². The van der Waals surface area contributed by atoms with Gasteiger partial charge >= 0.3 is 101 Å². The molecule has 0 aliphatic heterocycles. The summed E-state index contributed by atoms with van der Waals surface area (Å²) in [5, 5.41) is 0. The van der Waals surface area contributed by atoms with E-state index in [0.29, 0.717) is 0 Å². The van der Waals surface area contributed by atoms with Gasteiger partial charge in [-0.15, -0.1) is 0 Å². The fraction of sp³-hybridized carbons (Fsp3) is 0. The minimum atomic E-state index is 0. The molecule has 0 aliphatic carbocycles. The molecule has 5 radical (unpaired) electrons. The van der Waals surface area contributed by atoms with Crippen molar-refractivity contribution in [3.8, 4) is 0 Å². The average Bonchev–Trinajstić information content (AvgIpc) is 0. The first-order valence-corrected chi connectivity index (χ1v) is 0. The molecule has 0 heterocycles. The molecule has 0 aromatic heterocycles. The molecule has 0 aromatic rings. The SMILES string of the molecule is S.[Ag].[InH3].[PbH2].[SbH3].[SnH2].[Zn]. The molecule has 47 valence electrons. The van der Waals surface area contributed by atoms with Crippen LogP contribution in [-0.4, -0.2) is 101 Å². The zero-order valence-electron chi connectivity index (χ0n) is 3.63. The third-order valence-corrected chi connectivity index (χ3v) is 0. The van der Waals surface area contributed by atoms with Crippen LogP contribution in [0.15, 0.2) is 0 Å². The van der Waals surface area contributed by atoms with Crippen LogP contribution in [0, 0.1) is 0 Å². The van der Waals surface area contributed by atoms with Crippen molar-refractivity contribution in [2.75, 3.05) is 0 Å². The Hall–Kier alpha value is 5.12. The van der Waals surface area contributed by atoms with E-state index in [2.05, 4.69) is 0 Å². The molecule has 0 bridgehead atoms. The summed E-state index contributed by atoms with van der Waals surface area (Å²) in [4.78, 5) is 0. The third kappa shape index (κ3) is 35.3. The minimum Gasteiger partial charge on any atom is 0 e. The van der Waals surface area contributed by atoms with Gasteiger partial charge in [-0.2, -0.15) is 13.5 Å². The number of hydrogen-bond donors (Lipinski definition) is 0. The summed E-state index contributed by atoms with van der Waals surface area (Å²) < 4.78 is 0. The Morgan fingerprint density at radius 1 is 1.00 bits per heavy atom. The summed E-state index contributed by atoms with van der Waals surface area (Å²) >= 11 is 0. The van der Waals surface area contributed by atoms with Crippen LogP contribution in [0.4, 0.5) is 0 Å². The summed E-state index contributed by atoms with van der Waals surface area (Å²) in [7, 11) is 0. The van der Waals surface area contributed by atoms with E-state index < -0.39 is 0 Å². The summed E-state index contributed by atoms with van der Waals surface area (Å²) in [5.41, 5.74) is 0. The molecular formula is H12AgInPbSSbSnZn. The van der Waals surface area contributed by atoms with Gasteiger partial charge in [-0.1, -0.05) is 0 Å². The Balaban J connectivity index is 0. The Morgan fingerprint density at radius 2 is 1.00 bits per heavy atom. The molecule has 0 atom stereocenters. The molecule has 0 amide bonds. The molecule has 0 N–H and O–H groups in total. The minimum absolute atomic E-state index is 0. The second kappa shape index (κ2) is 43.4. The smallest absolute Gasteiger partial charge is 0 e. The van der Waals surface area contributed by atoms with Crippen molar-refractivity contribution in [2.45, 2.75) is 0 Å². The van der Waals surface area contributed by atoms with Crippen molar-refractivity contribution < 1.29 is 41.9 Å². The van der Waals surface area contributed by atoms with Crippen molar-refractivity contribution in [3.63, 3.8) is 0 Å². The van der Waals surface area contributed by atoms with Crippen molar-refractivity contribution in [2.24, 2.45) is 0 Å². The zero-order chi connectivity index (χ0) is 0. The normalized spacial score (nSPS) is 0. The second-order valence-corrected chi connectivity index (χ2v) is 0. The Labute approximate surface area is 153 Å². The number of rotatable bonds is 0. The molecule has 0 spiro atoms. The maximum Gasteiger partial charge on any atom is 0 e. The van der Waals surface area contributed by atoms with E-state index in [-0.39, 0.29) is 157 Å². The van der Waals surface area contributed by atoms with Crippen molar-refractivity contribution >= 4 is 115 Å². The first-order valence-electron chi connectivity index (χ1n) is 0. The van der Waals surface area contributed by atoms with E-state index in [9.17, 15) is 0 Å². The zero-order valence-corrected chi connectivity index (χ0v) is 22.6. The molecule has 0 fully saturated rings. The summed E-state index contributed by atoms with van der Waals surface area (Å²) in [6.45, 7) is 0. The molecule has 7 heteroatoms. The largest absolute Gasteiger partial charge is 0 e. The third-order valence-electron chi connectivity index (χ3n) is 0. The van der Waals surface area contributed by atoms with Crippen molar-refractivity contribution in [1.29, 1.82) is 0 Å². The molecule has 0 saturated heterocycles. The van der Waals surface area contributed by atoms with Crippen LogP contribution in [0.5, 0.6) is 0 Å². The van der Waals surface area contributed by atoms with Crippen LogP contribution in [0.3, 0.4) is 0 Å². The topological polar surface area (TPSA) is 0 Å². The van der Waals surface area contributed by atoms with Gasteiger partial charge in [-0.25, -0.2) is 0 Å². The van der Waals surface area contributed by atoms with Gasteiger partial charge in [0.15, 0.2) is 0 Å². The first kappa shape index (κ1) is 57.2. The quantitative estimate of drug-likeness (QED) is 0.220. The van der Waals surface area contributed by atoms with Crippen LogP contribution >= 0.6 is 13.5 Å². The Bertz CT molecular complexity index is 19.7. The van der Waals surface area contributed by atoms with E-state index in [4.69, 9.17) is 0 Å². The van der Waals surface area contributed by atoms with Gasteiger partial charge in [0, 0.05) is 41.9 Å². The summed E-state index contributed by atoms with van der Waals surface area (Å²) in [5.74, 6) is 0. The molecule has 0 aliphatic rings. The van der Waals surface area contributed by atoms with Gasteiger partial charge in [0.25, 0.3) is 0 Å². The average molecular weight is 780 g/mol. The van der Waals surface area contributed by atoms with Crippen LogP contribution < -0.4 is 0 Å². The Morgan fingerprint density at radius 3 is 1.00 bits per heavy atom. The van der Waals surface area contributed by atoms with Crippen LogP contribution in [0.2, 0.25) is 0 Å². The molecule has 0 nitrogen and oxygen atoms in total. The van der Waals surface area contributed by atoms with Gasteiger partial charge in [-0.3, -0.25) is 0 Å². The number of hydrogen-bond acceptors (Lipinski definition) is 0. The fourth-order valence-electron chi connectivity index (χ4n) is 0. The van der Waals surface area contributed by atoms with Crippen LogP contribution in [0.25, 0.3) is 0 Å². The van der Waals surface area contributed by atoms with E-state index in [0.717, 1.165) is 0 Å². The predicted octanol–water partition coefficient (Wildman–Crippen LogP) is -4.09. The molecule has 0 rings (SSSR count). The van der Waals surface area contributed by atoms with Crippen molar-refractivity contribution in [1.82, 2.24) is 0 Å². The molecular weight excluding hydrogens is 768 g/mol. The maximum atomic E-state index is 0. The van der Waals surface area contributed by atoms with Gasteiger partial charge in [-0.05, 0) is 0 Å². The second-order valence-electron chi connectivity index (χ2n) is 0. The van der Waals surface area contributed by atoms with Crippen LogP contribution in [-0.2, 0) is 41.9 Å². The van der Waals surface area contributed by atoms with Gasteiger partial charge < -0.3 is 0 Å². The van der Waals surface area contributed by atoms with E-state index in [1.165, 1.54) is 0 Å². The van der Waals surface area contributed by atoms with Gasteiger partial charge in [0.05, 0.1) is 0 Å². The molecule has 7 heavy (non-hydrogen) atoms. The fourth-order valence-corrected chi connectivity index (χ4v) is 0. The van der Waals surface area contributed by atoms with E-state index in [1.807, 2.05) is 0 Å². The monoisotopic (exact) mass is 779 g/mol. The predicted molar refractivity (Wildman–Crippen MR) is 47.3 cm³/mol. The Kier molecular flexibility index (Phi) is 355. The summed E-state index contributed by atoms with van der Waals surface area (Å²) in [6.07, 6.45) is 0. The van der Waals surface area contributed by atoms with Crippen molar-refractivity contribution in [3.05, 3.63) is 0 Å². The summed E-state index contributed by atoms with van der Waals surface area (Å²) in [6, 6.07) is 0. The molecule has 0 aromatic carbocycles. The standard InChI is InChI=1S/Ag.In.Pb.H2S.Sb.Sn.Zn.10H/h;;;1H2;;;;;;;;;;;;;. The molecule has 0 saturated carbocycles. The van der Waals surface area contributed by atoms with Crippen LogP contribution in [0.1, 0.15) is 0 Å². The van der Waals surface area contributed by atoms with E-state index >= 15 is 0 Å². The first-order chi connectivity index (χ1) is 0. The maximum absolute atomic E-state index is 0.